The summed E-state index contributed by atoms with van der Waals surface area (Å²) in [5, 5.41) is 10.6. The predicted molar refractivity (Wildman–Crippen MR) is 81.6 cm³/mol. The quantitative estimate of drug-likeness (QED) is 0.790. The van der Waals surface area contributed by atoms with Crippen LogP contribution in [-0.4, -0.2) is 39.5 Å². The van der Waals surface area contributed by atoms with Crippen LogP contribution in [-0.2, 0) is 16.1 Å². The van der Waals surface area contributed by atoms with Crippen molar-refractivity contribution in [3.8, 4) is 0 Å². The highest BCUT2D eigenvalue weighted by Crippen LogP contribution is 2.06. The van der Waals surface area contributed by atoms with Gasteiger partial charge in [-0.2, -0.15) is 0 Å². The van der Waals surface area contributed by atoms with Gasteiger partial charge in [0.25, 0.3) is 0 Å². The fourth-order valence-electron chi connectivity index (χ4n) is 2.08. The van der Waals surface area contributed by atoms with Crippen LogP contribution < -0.4 is 4.87 Å². The lowest BCUT2D eigenvalue weighted by molar-refractivity contribution is -0.144. The zero-order valence-electron chi connectivity index (χ0n) is 12.7. The minimum absolute atomic E-state index is 0.0236. The minimum Gasteiger partial charge on any atom is -0.480 e. The summed E-state index contributed by atoms with van der Waals surface area (Å²) in [7, 11) is 0. The number of nitrogens with zero attached hydrogens (tertiary/aromatic N) is 2. The number of carbonyl (C=O) groups excluding carboxylic acids is 1. The van der Waals surface area contributed by atoms with Crippen LogP contribution in [0.1, 0.15) is 32.4 Å². The number of hydrogen-bond acceptors (Lipinski definition) is 4. The Labute approximate surface area is 128 Å². The number of aromatic nitrogens is 1. The van der Waals surface area contributed by atoms with Crippen LogP contribution in [0.4, 0.5) is 0 Å². The first-order chi connectivity index (χ1) is 9.81. The number of rotatable bonds is 8. The molecule has 0 saturated heterocycles. The first-order valence-corrected chi connectivity index (χ1v) is 7.83. The molecule has 0 fully saturated rings. The number of carbonyl (C=O) groups is 2. The van der Waals surface area contributed by atoms with Gasteiger partial charge in [-0.1, -0.05) is 25.2 Å². The molecule has 0 aliphatic carbocycles. The molecule has 0 radical (unpaired) electrons. The van der Waals surface area contributed by atoms with E-state index in [1.165, 1.54) is 4.90 Å². The molecular formula is C14H22N2O4S. The molecule has 7 heteroatoms. The van der Waals surface area contributed by atoms with Gasteiger partial charge in [0.15, 0.2) is 0 Å². The molecular weight excluding hydrogens is 292 g/mol. The molecule has 6 nitrogen and oxygen atoms in total. The Hall–Kier alpha value is -1.63. The molecule has 0 aliphatic rings. The fraction of sp³-hybridized carbons (Fsp3) is 0.643. The molecule has 118 valence electrons. The Balaban J connectivity index is 2.53. The van der Waals surface area contributed by atoms with Crippen LogP contribution in [0.3, 0.4) is 0 Å². The van der Waals surface area contributed by atoms with Crippen molar-refractivity contribution in [3.63, 3.8) is 0 Å². The second kappa shape index (κ2) is 7.97. The van der Waals surface area contributed by atoms with Crippen molar-refractivity contribution in [1.29, 1.82) is 0 Å². The van der Waals surface area contributed by atoms with Crippen LogP contribution in [0, 0.1) is 12.8 Å². The Morgan fingerprint density at radius 2 is 2.10 bits per heavy atom. The van der Waals surface area contributed by atoms with Gasteiger partial charge in [0, 0.05) is 30.6 Å². The van der Waals surface area contributed by atoms with Crippen molar-refractivity contribution in [3.05, 3.63) is 20.7 Å². The summed E-state index contributed by atoms with van der Waals surface area (Å²) >= 11 is 1.15. The Bertz CT molecular complexity index is 547. The van der Waals surface area contributed by atoms with Gasteiger partial charge in [-0.3, -0.25) is 14.4 Å². The smallest absolute Gasteiger partial charge is 0.323 e. The number of thiazole rings is 1. The topological polar surface area (TPSA) is 79.6 Å². The van der Waals surface area contributed by atoms with Crippen molar-refractivity contribution < 1.29 is 14.7 Å². The van der Waals surface area contributed by atoms with E-state index >= 15 is 0 Å². The van der Waals surface area contributed by atoms with E-state index in [1.54, 1.807) is 9.95 Å². The first-order valence-electron chi connectivity index (χ1n) is 6.95. The van der Waals surface area contributed by atoms with E-state index in [0.717, 1.165) is 17.0 Å². The number of hydrogen-bond donors (Lipinski definition) is 1. The SMILES string of the molecule is Cc1csc(=O)n1CCCC(=O)N(CC(=O)O)CC(C)C. The van der Waals surface area contributed by atoms with Gasteiger partial charge >= 0.3 is 10.8 Å². The maximum absolute atomic E-state index is 12.1. The standard InChI is InChI=1S/C14H22N2O4S/c1-10(2)7-15(8-13(18)19)12(17)5-4-6-16-11(3)9-21-14(16)20/h9-10H,4-8H2,1-3H3,(H,18,19). The van der Waals surface area contributed by atoms with Crippen LogP contribution in [0.25, 0.3) is 0 Å². The maximum Gasteiger partial charge on any atom is 0.323 e. The average molecular weight is 314 g/mol. The summed E-state index contributed by atoms with van der Waals surface area (Å²) in [6.07, 6.45) is 0.784. The number of aliphatic carboxylic acids is 1. The third kappa shape index (κ3) is 5.71. The van der Waals surface area contributed by atoms with Gasteiger partial charge in [-0.05, 0) is 19.3 Å². The van der Waals surface area contributed by atoms with Crippen LogP contribution >= 0.6 is 11.3 Å². The molecule has 0 spiro atoms. The van der Waals surface area contributed by atoms with Gasteiger partial charge in [0.1, 0.15) is 6.54 Å². The fourth-order valence-corrected chi connectivity index (χ4v) is 2.84. The lowest BCUT2D eigenvalue weighted by Gasteiger charge is -2.22. The summed E-state index contributed by atoms with van der Waals surface area (Å²) in [5.74, 6) is -0.962. The molecule has 1 aromatic heterocycles. The number of carboxylic acids is 1. The lowest BCUT2D eigenvalue weighted by Crippen LogP contribution is -2.38. The molecule has 1 N–H and O–H groups in total. The molecule has 0 saturated carbocycles. The molecule has 1 rings (SSSR count). The molecule has 1 amide bonds. The predicted octanol–water partition coefficient (Wildman–Crippen LogP) is 1.57. The van der Waals surface area contributed by atoms with E-state index in [4.69, 9.17) is 5.11 Å². The summed E-state index contributed by atoms with van der Waals surface area (Å²) in [6, 6.07) is 0. The van der Waals surface area contributed by atoms with E-state index < -0.39 is 5.97 Å². The lowest BCUT2D eigenvalue weighted by atomic mass is 10.2. The largest absolute Gasteiger partial charge is 0.480 e. The number of carboxylic acid groups (broad SMARTS) is 1. The van der Waals surface area contributed by atoms with Crippen LogP contribution in [0.2, 0.25) is 0 Å². The van der Waals surface area contributed by atoms with Crippen molar-refractivity contribution in [2.75, 3.05) is 13.1 Å². The zero-order valence-corrected chi connectivity index (χ0v) is 13.5. The van der Waals surface area contributed by atoms with Gasteiger partial charge in [-0.25, -0.2) is 0 Å². The van der Waals surface area contributed by atoms with Crippen molar-refractivity contribution in [2.45, 2.75) is 40.2 Å². The minimum atomic E-state index is -1.01. The molecule has 1 heterocycles. The normalized spacial score (nSPS) is 10.9. The number of aryl methyl sites for hydroxylation is 1. The van der Waals surface area contributed by atoms with Gasteiger partial charge in [0.05, 0.1) is 0 Å². The van der Waals surface area contributed by atoms with E-state index in [2.05, 4.69) is 0 Å². The molecule has 0 bridgehead atoms. The first kappa shape index (κ1) is 17.4. The van der Waals surface area contributed by atoms with Gasteiger partial charge < -0.3 is 14.6 Å². The molecule has 0 atom stereocenters. The highest BCUT2D eigenvalue weighted by molar-refractivity contribution is 7.07. The van der Waals surface area contributed by atoms with Crippen molar-refractivity contribution in [2.24, 2.45) is 5.92 Å². The average Bonchev–Trinajstić information content (AvgIpc) is 2.68. The zero-order chi connectivity index (χ0) is 16.0. The van der Waals surface area contributed by atoms with Gasteiger partial charge in [0.2, 0.25) is 5.91 Å². The third-order valence-electron chi connectivity index (χ3n) is 3.01. The summed E-state index contributed by atoms with van der Waals surface area (Å²) in [4.78, 5) is 35.8. The monoisotopic (exact) mass is 314 g/mol. The highest BCUT2D eigenvalue weighted by atomic mass is 32.1. The summed E-state index contributed by atoms with van der Waals surface area (Å²) < 4.78 is 1.64. The van der Waals surface area contributed by atoms with Crippen LogP contribution in [0.15, 0.2) is 10.2 Å². The van der Waals surface area contributed by atoms with Crippen molar-refractivity contribution in [1.82, 2.24) is 9.47 Å². The van der Waals surface area contributed by atoms with Gasteiger partial charge in [-0.15, -0.1) is 0 Å². The summed E-state index contributed by atoms with van der Waals surface area (Å²) in [5.41, 5.74) is 0.891. The van der Waals surface area contributed by atoms with Crippen LogP contribution in [0.5, 0.6) is 0 Å². The molecule has 0 aliphatic heterocycles. The summed E-state index contributed by atoms with van der Waals surface area (Å²) in [6.45, 7) is 6.39. The van der Waals surface area contributed by atoms with E-state index in [1.807, 2.05) is 20.8 Å². The Morgan fingerprint density at radius 3 is 2.57 bits per heavy atom. The second-order valence-electron chi connectivity index (χ2n) is 5.46. The highest BCUT2D eigenvalue weighted by Gasteiger charge is 2.17. The molecule has 1 aromatic rings. The molecule has 0 aromatic carbocycles. The Kier molecular flexibility index (Phi) is 6.61. The van der Waals surface area contributed by atoms with Crippen molar-refractivity contribution >= 4 is 23.2 Å². The second-order valence-corrected chi connectivity index (χ2v) is 6.28. The van der Waals surface area contributed by atoms with E-state index in [9.17, 15) is 14.4 Å². The van der Waals surface area contributed by atoms with E-state index in [-0.39, 0.29) is 29.7 Å². The third-order valence-corrected chi connectivity index (χ3v) is 3.89. The van der Waals surface area contributed by atoms with E-state index in [0.29, 0.717) is 19.5 Å². The maximum atomic E-state index is 12.1. The molecule has 0 unspecified atom stereocenters. The Morgan fingerprint density at radius 1 is 1.43 bits per heavy atom. The molecule has 21 heavy (non-hydrogen) atoms. The number of amides is 1.